The lowest BCUT2D eigenvalue weighted by atomic mass is 9.46. The highest BCUT2D eigenvalue weighted by Crippen LogP contribution is 2.63. The first kappa shape index (κ1) is 11.5. The molecule has 1 heterocycles. The maximum absolute atomic E-state index is 11.7. The fourth-order valence-electron chi connectivity index (χ4n) is 4.33. The molecular weight excluding hydrogens is 216 g/mol. The van der Waals surface area contributed by atoms with Gasteiger partial charge in [0.05, 0.1) is 18.6 Å². The number of carbonyl (C=O) groups is 1. The number of carboxylic acids is 1. The van der Waals surface area contributed by atoms with E-state index in [1.54, 1.807) is 0 Å². The molecule has 0 aromatic heterocycles. The van der Waals surface area contributed by atoms with Crippen LogP contribution in [0.15, 0.2) is 0 Å². The molecule has 0 bridgehead atoms. The van der Waals surface area contributed by atoms with Crippen LogP contribution >= 0.6 is 0 Å². The Hall–Kier alpha value is -0.570. The first-order valence-electron chi connectivity index (χ1n) is 7.02. The molecule has 3 aliphatic rings. The predicted octanol–water partition coefficient (Wildman–Crippen LogP) is 2.84. The lowest BCUT2D eigenvalue weighted by Crippen LogP contribution is -2.65. The Morgan fingerprint density at radius 1 is 1.06 bits per heavy atom. The van der Waals surface area contributed by atoms with E-state index in [1.807, 2.05) is 0 Å². The summed E-state index contributed by atoms with van der Waals surface area (Å²) >= 11 is 0. The van der Waals surface area contributed by atoms with Crippen LogP contribution in [-0.2, 0) is 9.53 Å². The Labute approximate surface area is 103 Å². The van der Waals surface area contributed by atoms with Crippen LogP contribution in [0.5, 0.6) is 0 Å². The number of aliphatic carboxylic acids is 1. The van der Waals surface area contributed by atoms with Gasteiger partial charge in [-0.15, -0.1) is 0 Å². The van der Waals surface area contributed by atoms with Gasteiger partial charge < -0.3 is 9.84 Å². The molecule has 0 unspecified atom stereocenters. The zero-order valence-electron chi connectivity index (χ0n) is 10.4. The van der Waals surface area contributed by atoms with Crippen molar-refractivity contribution >= 4 is 5.97 Å². The van der Waals surface area contributed by atoms with E-state index in [-0.39, 0.29) is 5.41 Å². The lowest BCUT2D eigenvalue weighted by Gasteiger charge is -2.61. The zero-order valence-corrected chi connectivity index (χ0v) is 10.4. The second-order valence-electron chi connectivity index (χ2n) is 6.22. The number of hydrogen-bond donors (Lipinski definition) is 1. The molecular formula is C14H22O3. The van der Waals surface area contributed by atoms with Crippen LogP contribution in [0.2, 0.25) is 0 Å². The first-order valence-corrected chi connectivity index (χ1v) is 7.02. The molecule has 1 N–H and O–H groups in total. The van der Waals surface area contributed by atoms with E-state index in [9.17, 15) is 9.90 Å². The summed E-state index contributed by atoms with van der Waals surface area (Å²) < 4.78 is 5.46. The molecule has 2 saturated carbocycles. The molecule has 96 valence electrons. The summed E-state index contributed by atoms with van der Waals surface area (Å²) in [6.45, 7) is 1.40. The minimum Gasteiger partial charge on any atom is -0.481 e. The quantitative estimate of drug-likeness (QED) is 0.822. The second-order valence-corrected chi connectivity index (χ2v) is 6.22. The van der Waals surface area contributed by atoms with Gasteiger partial charge in [0, 0.05) is 5.41 Å². The molecule has 2 aliphatic carbocycles. The zero-order chi connectivity index (χ0) is 11.9. The number of rotatable bonds is 3. The molecule has 1 aliphatic heterocycles. The van der Waals surface area contributed by atoms with Crippen molar-refractivity contribution < 1.29 is 14.6 Å². The molecule has 0 radical (unpaired) electrons. The highest BCUT2D eigenvalue weighted by molar-refractivity contribution is 5.77. The van der Waals surface area contributed by atoms with Crippen LogP contribution in [0.3, 0.4) is 0 Å². The van der Waals surface area contributed by atoms with Crippen molar-refractivity contribution in [3.63, 3.8) is 0 Å². The van der Waals surface area contributed by atoms with Crippen molar-refractivity contribution in [2.45, 2.75) is 51.4 Å². The van der Waals surface area contributed by atoms with Gasteiger partial charge in [0.15, 0.2) is 0 Å². The highest BCUT2D eigenvalue weighted by atomic mass is 16.5. The Morgan fingerprint density at radius 2 is 1.71 bits per heavy atom. The highest BCUT2D eigenvalue weighted by Gasteiger charge is 2.65. The van der Waals surface area contributed by atoms with Gasteiger partial charge in [0.1, 0.15) is 0 Å². The third kappa shape index (κ3) is 1.41. The average Bonchev–Trinajstić information content (AvgIpc) is 2.21. The van der Waals surface area contributed by atoms with E-state index in [1.165, 1.54) is 32.1 Å². The summed E-state index contributed by atoms with van der Waals surface area (Å²) in [4.78, 5) is 11.7. The Morgan fingerprint density at radius 3 is 2.06 bits per heavy atom. The molecule has 0 amide bonds. The van der Waals surface area contributed by atoms with Crippen LogP contribution in [-0.4, -0.2) is 24.3 Å². The first-order chi connectivity index (χ1) is 8.21. The minimum absolute atomic E-state index is 0.0164. The summed E-state index contributed by atoms with van der Waals surface area (Å²) in [5.41, 5.74) is -0.454. The molecule has 3 heteroatoms. The Balaban J connectivity index is 1.87. The Bertz CT molecular complexity index is 309. The summed E-state index contributed by atoms with van der Waals surface area (Å²) in [7, 11) is 0. The number of ether oxygens (including phenoxy) is 1. The van der Waals surface area contributed by atoms with E-state index in [0.717, 1.165) is 19.3 Å². The van der Waals surface area contributed by atoms with Crippen molar-refractivity contribution in [2.24, 2.45) is 16.7 Å². The topological polar surface area (TPSA) is 46.5 Å². The van der Waals surface area contributed by atoms with Crippen LogP contribution in [0, 0.1) is 16.7 Å². The molecule has 3 rings (SSSR count). The standard InChI is InChI=1S/C14H22O3/c15-12(16)13(7-4-8-13)14(9-17-10-14)11-5-2-1-3-6-11/h11H,1-10H2,(H,15,16). The van der Waals surface area contributed by atoms with E-state index < -0.39 is 11.4 Å². The van der Waals surface area contributed by atoms with Gasteiger partial charge in [-0.1, -0.05) is 25.7 Å². The molecule has 0 aromatic rings. The predicted molar refractivity (Wildman–Crippen MR) is 63.7 cm³/mol. The van der Waals surface area contributed by atoms with Crippen molar-refractivity contribution in [3.8, 4) is 0 Å². The number of carboxylic acid groups (broad SMARTS) is 1. The summed E-state index contributed by atoms with van der Waals surface area (Å²) in [5, 5.41) is 9.66. The fourth-order valence-corrected chi connectivity index (χ4v) is 4.33. The van der Waals surface area contributed by atoms with Gasteiger partial charge in [-0.3, -0.25) is 4.79 Å². The minimum atomic E-state index is -0.558. The van der Waals surface area contributed by atoms with Crippen molar-refractivity contribution in [2.75, 3.05) is 13.2 Å². The summed E-state index contributed by atoms with van der Waals surface area (Å²) in [5.74, 6) is 0.0408. The second kappa shape index (κ2) is 3.98. The monoisotopic (exact) mass is 238 g/mol. The Kier molecular flexibility index (Phi) is 2.69. The summed E-state index contributed by atoms with van der Waals surface area (Å²) in [6, 6.07) is 0. The number of hydrogen-bond acceptors (Lipinski definition) is 2. The van der Waals surface area contributed by atoms with Crippen molar-refractivity contribution in [1.29, 1.82) is 0 Å². The maximum Gasteiger partial charge on any atom is 0.310 e. The van der Waals surface area contributed by atoms with Gasteiger partial charge in [0.2, 0.25) is 0 Å². The molecule has 0 atom stereocenters. The van der Waals surface area contributed by atoms with Crippen LogP contribution in [0.25, 0.3) is 0 Å². The van der Waals surface area contributed by atoms with Gasteiger partial charge in [-0.05, 0) is 31.6 Å². The summed E-state index contributed by atoms with van der Waals surface area (Å²) in [6.07, 6.45) is 9.17. The molecule has 1 saturated heterocycles. The van der Waals surface area contributed by atoms with E-state index in [2.05, 4.69) is 0 Å². The SMILES string of the molecule is O=C(O)C1(C2(C3CCCCC3)COC2)CCC1. The average molecular weight is 238 g/mol. The third-order valence-electron chi connectivity index (χ3n) is 5.68. The van der Waals surface area contributed by atoms with Crippen molar-refractivity contribution in [1.82, 2.24) is 0 Å². The maximum atomic E-state index is 11.7. The van der Waals surface area contributed by atoms with Crippen molar-refractivity contribution in [3.05, 3.63) is 0 Å². The van der Waals surface area contributed by atoms with Crippen LogP contribution in [0.4, 0.5) is 0 Å². The lowest BCUT2D eigenvalue weighted by molar-refractivity contribution is -0.247. The third-order valence-corrected chi connectivity index (χ3v) is 5.68. The van der Waals surface area contributed by atoms with Gasteiger partial charge in [-0.25, -0.2) is 0 Å². The van der Waals surface area contributed by atoms with Crippen LogP contribution < -0.4 is 0 Å². The van der Waals surface area contributed by atoms with E-state index >= 15 is 0 Å². The van der Waals surface area contributed by atoms with E-state index in [0.29, 0.717) is 19.1 Å². The largest absolute Gasteiger partial charge is 0.481 e. The molecule has 0 spiro atoms. The van der Waals surface area contributed by atoms with Gasteiger partial charge in [0.25, 0.3) is 0 Å². The van der Waals surface area contributed by atoms with E-state index in [4.69, 9.17) is 4.74 Å². The van der Waals surface area contributed by atoms with Crippen LogP contribution in [0.1, 0.15) is 51.4 Å². The van der Waals surface area contributed by atoms with Gasteiger partial charge >= 0.3 is 5.97 Å². The normalized spacial score (nSPS) is 31.3. The molecule has 3 fully saturated rings. The smallest absolute Gasteiger partial charge is 0.310 e. The molecule has 0 aromatic carbocycles. The fraction of sp³-hybridized carbons (Fsp3) is 0.929. The van der Waals surface area contributed by atoms with Gasteiger partial charge in [-0.2, -0.15) is 0 Å². The molecule has 17 heavy (non-hydrogen) atoms. The molecule has 3 nitrogen and oxygen atoms in total.